The third-order valence-electron chi connectivity index (χ3n) is 2.73. The van der Waals surface area contributed by atoms with Crippen LogP contribution in [0.1, 0.15) is 32.1 Å². The molecule has 0 radical (unpaired) electrons. The summed E-state index contributed by atoms with van der Waals surface area (Å²) in [7, 11) is 5.79. The summed E-state index contributed by atoms with van der Waals surface area (Å²) in [5, 5.41) is 10.8. The van der Waals surface area contributed by atoms with Gasteiger partial charge in [0.15, 0.2) is 0 Å². The van der Waals surface area contributed by atoms with Crippen molar-refractivity contribution in [3.63, 3.8) is 0 Å². The van der Waals surface area contributed by atoms with Crippen LogP contribution < -0.4 is 0 Å². The summed E-state index contributed by atoms with van der Waals surface area (Å²) in [6.07, 6.45) is 4.74. The van der Waals surface area contributed by atoms with E-state index in [0.717, 1.165) is 36.0 Å². The maximum atomic E-state index is 10.8. The molecular weight excluding hydrogens is 366 g/mol. The van der Waals surface area contributed by atoms with Crippen molar-refractivity contribution < 1.29 is 28.3 Å². The normalized spacial score (nSPS) is 21.4. The van der Waals surface area contributed by atoms with Crippen LogP contribution in [-0.2, 0) is 23.3 Å². The Morgan fingerprint density at radius 1 is 1.42 bits per heavy atom. The fraction of sp³-hybridized carbons (Fsp3) is 1.00. The molecule has 1 rings (SSSR count). The van der Waals surface area contributed by atoms with E-state index in [9.17, 15) is 10.1 Å². The number of hydrogen-bond acceptors (Lipinski definition) is 2. The van der Waals surface area contributed by atoms with Gasteiger partial charge in [0.2, 0.25) is 0 Å². The molecule has 5 heteroatoms. The molecule has 12 heavy (non-hydrogen) atoms. The van der Waals surface area contributed by atoms with Gasteiger partial charge in [-0.15, -0.1) is 0 Å². The van der Waals surface area contributed by atoms with Gasteiger partial charge in [-0.25, -0.2) is 0 Å². The van der Waals surface area contributed by atoms with Crippen LogP contribution in [0.3, 0.4) is 0 Å². The molecule has 0 saturated heterocycles. The fourth-order valence-electron chi connectivity index (χ4n) is 1.91. The minimum atomic E-state index is -1.36. The quantitative estimate of drug-likeness (QED) is 0.431. The first kappa shape index (κ1) is 10.7. The monoisotopic (exact) mass is 379 g/mol. The van der Waals surface area contributed by atoms with Gasteiger partial charge >= 0.3 is 88.2 Å². The molecule has 1 aliphatic carbocycles. The molecule has 0 atom stereocenters. The van der Waals surface area contributed by atoms with Gasteiger partial charge in [-0.3, -0.25) is 0 Å². The fourth-order valence-corrected chi connectivity index (χ4v) is 9.02. The summed E-state index contributed by atoms with van der Waals surface area (Å²) in [4.78, 5) is 10.8. The molecule has 0 heterocycles. The molecule has 1 aliphatic rings. The summed E-state index contributed by atoms with van der Waals surface area (Å²) < 4.78 is 0.752. The van der Waals surface area contributed by atoms with Gasteiger partial charge in [-0.2, -0.15) is 0 Å². The molecule has 0 amide bonds. The van der Waals surface area contributed by atoms with Gasteiger partial charge in [-0.05, 0) is 0 Å². The second-order valence-electron chi connectivity index (χ2n) is 3.48. The van der Waals surface area contributed by atoms with Gasteiger partial charge in [-0.1, -0.05) is 0 Å². The van der Waals surface area contributed by atoms with Crippen molar-refractivity contribution in [1.82, 2.24) is 0 Å². The van der Waals surface area contributed by atoms with Gasteiger partial charge in [0.05, 0.1) is 0 Å². The predicted molar refractivity (Wildman–Crippen MR) is 43.5 cm³/mol. The molecule has 0 aromatic carbocycles. The van der Waals surface area contributed by atoms with Crippen molar-refractivity contribution >= 4 is 8.25 Å². The topological polar surface area (TPSA) is 43.1 Å². The van der Waals surface area contributed by atoms with Gasteiger partial charge in [0, 0.05) is 0 Å². The summed E-state index contributed by atoms with van der Waals surface area (Å²) in [6, 6.07) is 0. The summed E-state index contributed by atoms with van der Waals surface area (Å²) in [5.74, 6) is 0. The Hall–Kier alpha value is 0.625. The van der Waals surface area contributed by atoms with Crippen molar-refractivity contribution in [2.24, 2.45) is 0 Å². The van der Waals surface area contributed by atoms with E-state index >= 15 is 0 Å². The van der Waals surface area contributed by atoms with Crippen molar-refractivity contribution in [3.05, 3.63) is 10.1 Å². The number of rotatable bonds is 3. The van der Waals surface area contributed by atoms with E-state index in [0.29, 0.717) is 0 Å². The molecule has 1 saturated carbocycles. The van der Waals surface area contributed by atoms with E-state index in [1.165, 1.54) is 0 Å². The number of nitro groups is 1. The zero-order valence-corrected chi connectivity index (χ0v) is 13.3. The van der Waals surface area contributed by atoms with Crippen LogP contribution in [0, 0.1) is 10.1 Å². The van der Waals surface area contributed by atoms with Gasteiger partial charge in [0.1, 0.15) is 0 Å². The van der Waals surface area contributed by atoms with E-state index in [2.05, 4.69) is 0 Å². The summed E-state index contributed by atoms with van der Waals surface area (Å²) >= 11 is -1.36. The Kier molecular flexibility index (Phi) is 4.24. The molecule has 0 spiro atoms. The SMILES string of the molecule is O=[N+]([O-])C1([CH2][Hg][Cl])CCCCC1. The molecule has 66 valence electrons. The molecule has 0 aromatic heterocycles. The first-order valence-corrected chi connectivity index (χ1v) is 15.1. The zero-order valence-electron chi connectivity index (χ0n) is 7.09. The van der Waals surface area contributed by atoms with E-state index in [-0.39, 0.29) is 4.92 Å². The Morgan fingerprint density at radius 3 is 2.42 bits per heavy atom. The summed E-state index contributed by atoms with van der Waals surface area (Å²) in [5.41, 5.74) is -0.582. The number of nitrogens with zero attached hydrogens (tertiary/aromatic N) is 1. The minimum absolute atomic E-state index is 0.0610. The van der Waals surface area contributed by atoms with Crippen molar-refractivity contribution in [2.45, 2.75) is 41.6 Å². The molecule has 0 N–H and O–H groups in total. The number of halogens is 1. The first-order chi connectivity index (χ1) is 5.71. The Balaban J connectivity index is 2.63. The third kappa shape index (κ3) is 2.31. The Labute approximate surface area is 87.9 Å². The van der Waals surface area contributed by atoms with Crippen molar-refractivity contribution in [1.29, 1.82) is 0 Å². The zero-order chi connectivity index (χ0) is 9.03. The van der Waals surface area contributed by atoms with E-state index < -0.39 is 28.9 Å². The van der Waals surface area contributed by atoms with Crippen molar-refractivity contribution in [2.75, 3.05) is 0 Å². The Bertz CT molecular complexity index is 165. The van der Waals surface area contributed by atoms with Crippen LogP contribution in [0.25, 0.3) is 0 Å². The van der Waals surface area contributed by atoms with Crippen LogP contribution in [0.15, 0.2) is 0 Å². The average Bonchev–Trinajstić information content (AvgIpc) is 2.06. The molecule has 3 nitrogen and oxygen atoms in total. The second kappa shape index (κ2) is 4.75. The van der Waals surface area contributed by atoms with E-state index in [4.69, 9.17) is 8.25 Å². The number of hydrogen-bond donors (Lipinski definition) is 0. The van der Waals surface area contributed by atoms with Gasteiger partial charge in [0.25, 0.3) is 0 Å². The molecule has 0 bridgehead atoms. The predicted octanol–water partition coefficient (Wildman–Crippen LogP) is 2.62. The van der Waals surface area contributed by atoms with Crippen LogP contribution in [-0.4, -0.2) is 10.5 Å². The molecular formula is C7H12ClHgNO2. The van der Waals surface area contributed by atoms with Crippen LogP contribution >= 0.6 is 8.25 Å². The van der Waals surface area contributed by atoms with Crippen LogP contribution in [0.2, 0.25) is 3.93 Å². The molecule has 0 aromatic rings. The maximum absolute atomic E-state index is 10.8. The van der Waals surface area contributed by atoms with Crippen molar-refractivity contribution in [3.8, 4) is 0 Å². The van der Waals surface area contributed by atoms with Gasteiger partial charge < -0.3 is 0 Å². The van der Waals surface area contributed by atoms with E-state index in [1.807, 2.05) is 0 Å². The van der Waals surface area contributed by atoms with E-state index in [1.54, 1.807) is 0 Å². The molecule has 1 fully saturated rings. The average molecular weight is 378 g/mol. The molecule has 0 unspecified atom stereocenters. The standard InChI is InChI=1S/C7H12NO2.ClH.Hg/c1-7(8(9)10)5-3-2-4-6-7;;/h1-6H2;1H;/q;;+1/p-1. The van der Waals surface area contributed by atoms with Crippen LogP contribution in [0.4, 0.5) is 0 Å². The summed E-state index contributed by atoms with van der Waals surface area (Å²) in [6.45, 7) is 0. The molecule has 0 aliphatic heterocycles. The second-order valence-corrected chi connectivity index (χ2v) is 10.2. The first-order valence-electron chi connectivity index (χ1n) is 4.42. The van der Waals surface area contributed by atoms with Crippen LogP contribution in [0.5, 0.6) is 0 Å². The third-order valence-corrected chi connectivity index (χ3v) is 8.74. The Morgan fingerprint density at radius 2 is 2.00 bits per heavy atom.